The number of aromatic nitrogens is 1. The van der Waals surface area contributed by atoms with Gasteiger partial charge in [0, 0.05) is 42.4 Å². The van der Waals surface area contributed by atoms with Crippen molar-refractivity contribution in [3.63, 3.8) is 0 Å². The molecule has 0 bridgehead atoms. The van der Waals surface area contributed by atoms with Crippen LogP contribution < -0.4 is 0 Å². The highest BCUT2D eigenvalue weighted by molar-refractivity contribution is 6.12. The lowest BCUT2D eigenvalue weighted by atomic mass is 10.1. The number of ether oxygens (including phenoxy) is 2. The van der Waals surface area contributed by atoms with Crippen LogP contribution in [0.2, 0.25) is 0 Å². The van der Waals surface area contributed by atoms with E-state index in [0.717, 1.165) is 38.2 Å². The van der Waals surface area contributed by atoms with E-state index in [1.54, 1.807) is 0 Å². The summed E-state index contributed by atoms with van der Waals surface area (Å²) in [5, 5.41) is 1.86. The number of likely N-dealkylation sites (N-methyl/N-ethyl adjacent to an activating group) is 2. The number of benzene rings is 2. The highest BCUT2D eigenvalue weighted by atomic mass is 16.6. The fourth-order valence-corrected chi connectivity index (χ4v) is 4.05. The van der Waals surface area contributed by atoms with Crippen LogP contribution in [0.25, 0.3) is 34.0 Å². The second-order valence-corrected chi connectivity index (χ2v) is 7.78. The van der Waals surface area contributed by atoms with Crippen molar-refractivity contribution in [2.24, 2.45) is 0 Å². The van der Waals surface area contributed by atoms with Crippen LogP contribution in [0.1, 0.15) is 18.1 Å². The van der Waals surface area contributed by atoms with Gasteiger partial charge in [0.25, 0.3) is 11.8 Å². The fraction of sp³-hybridized carbons (Fsp3) is 0.167. The molecule has 2 aliphatic rings. The number of imide groups is 2. The summed E-state index contributed by atoms with van der Waals surface area (Å²) in [5.74, 6) is -1.05. The van der Waals surface area contributed by atoms with E-state index in [-0.39, 0.29) is 11.5 Å². The summed E-state index contributed by atoms with van der Waals surface area (Å²) in [4.78, 5) is 49.4. The first-order valence-corrected chi connectivity index (χ1v) is 10.3. The first-order chi connectivity index (χ1) is 15.8. The number of nitrogens with zero attached hydrogens (tertiary/aromatic N) is 3. The zero-order chi connectivity index (χ0) is 23.4. The number of carbonyl (C=O) groups is 4. The smallest absolute Gasteiger partial charge is 0.404 e. The van der Waals surface area contributed by atoms with Crippen LogP contribution in [0, 0.1) is 0 Å². The summed E-state index contributed by atoms with van der Waals surface area (Å²) in [5.41, 5.74) is 3.40. The Balaban J connectivity index is 1.63. The number of rotatable bonds is 3. The molecule has 9 nitrogen and oxygen atoms in total. The second kappa shape index (κ2) is 7.33. The quantitative estimate of drug-likeness (QED) is 0.570. The molecule has 0 saturated carbocycles. The second-order valence-electron chi connectivity index (χ2n) is 7.78. The van der Waals surface area contributed by atoms with Crippen molar-refractivity contribution in [3.8, 4) is 0 Å². The van der Waals surface area contributed by atoms with Crippen LogP contribution in [-0.2, 0) is 25.6 Å². The van der Waals surface area contributed by atoms with Gasteiger partial charge in [-0.2, -0.15) is 0 Å². The third-order valence-electron chi connectivity index (χ3n) is 5.80. The average Bonchev–Trinajstić information content (AvgIpc) is 3.34. The summed E-state index contributed by atoms with van der Waals surface area (Å²) in [6, 6.07) is 11.4. The van der Waals surface area contributed by atoms with E-state index in [1.807, 2.05) is 43.3 Å². The van der Waals surface area contributed by atoms with E-state index in [1.165, 1.54) is 26.2 Å². The third-order valence-corrected chi connectivity index (χ3v) is 5.80. The maximum atomic E-state index is 12.2. The predicted molar refractivity (Wildman–Crippen MR) is 120 cm³/mol. The van der Waals surface area contributed by atoms with Gasteiger partial charge >= 0.3 is 12.2 Å². The van der Waals surface area contributed by atoms with Crippen LogP contribution in [0.4, 0.5) is 9.59 Å². The van der Waals surface area contributed by atoms with E-state index in [2.05, 4.69) is 4.57 Å². The number of amides is 4. The first-order valence-electron chi connectivity index (χ1n) is 10.3. The number of aryl methyl sites for hydroxylation is 1. The van der Waals surface area contributed by atoms with Crippen LogP contribution in [-0.4, -0.2) is 52.5 Å². The van der Waals surface area contributed by atoms with Crippen molar-refractivity contribution in [1.29, 1.82) is 0 Å². The number of cyclic esters (lactones) is 2. The van der Waals surface area contributed by atoms with Gasteiger partial charge in [-0.25, -0.2) is 19.4 Å². The Morgan fingerprint density at radius 1 is 0.727 bits per heavy atom. The molecule has 4 amide bonds. The SMILES string of the molecule is CCn1c2ccc(C=C3OC(=O)N(C)C3=O)cc2c2cc(C=C3OC(=O)N(C)C3=O)ccc21. The van der Waals surface area contributed by atoms with Gasteiger partial charge in [0.05, 0.1) is 0 Å². The normalized spacial score (nSPS) is 19.0. The standard InChI is InChI=1S/C24H19N3O6/c1-4-27-17-7-5-13(11-19-21(28)25(2)23(30)32-19)9-15(17)16-10-14(6-8-18(16)27)12-20-22(29)26(3)24(31)33-20/h5-12H,4H2,1-3H3. The summed E-state index contributed by atoms with van der Waals surface area (Å²) < 4.78 is 12.2. The van der Waals surface area contributed by atoms with Crippen LogP contribution in [0.5, 0.6) is 0 Å². The van der Waals surface area contributed by atoms with E-state index in [9.17, 15) is 19.2 Å². The molecule has 3 heterocycles. The van der Waals surface area contributed by atoms with Crippen molar-refractivity contribution in [2.45, 2.75) is 13.5 Å². The number of hydrogen-bond acceptors (Lipinski definition) is 6. The van der Waals surface area contributed by atoms with Crippen molar-refractivity contribution < 1.29 is 28.7 Å². The first kappa shape index (κ1) is 20.5. The Morgan fingerprint density at radius 2 is 1.15 bits per heavy atom. The fourth-order valence-electron chi connectivity index (χ4n) is 4.05. The molecule has 0 N–H and O–H groups in total. The third kappa shape index (κ3) is 3.16. The molecule has 2 saturated heterocycles. The summed E-state index contributed by atoms with van der Waals surface area (Å²) >= 11 is 0. The molecule has 0 aliphatic carbocycles. The monoisotopic (exact) mass is 445 g/mol. The molecule has 33 heavy (non-hydrogen) atoms. The van der Waals surface area contributed by atoms with Crippen molar-refractivity contribution in [2.75, 3.05) is 14.1 Å². The molecular weight excluding hydrogens is 426 g/mol. The zero-order valence-corrected chi connectivity index (χ0v) is 18.1. The molecule has 0 unspecified atom stereocenters. The van der Waals surface area contributed by atoms with Crippen LogP contribution in [0.3, 0.4) is 0 Å². The molecule has 2 fully saturated rings. The van der Waals surface area contributed by atoms with Gasteiger partial charge in [-0.05, 0) is 54.5 Å². The summed E-state index contributed by atoms with van der Waals surface area (Å²) in [6.07, 6.45) is 1.66. The van der Waals surface area contributed by atoms with Gasteiger partial charge in [0.1, 0.15) is 0 Å². The summed E-state index contributed by atoms with van der Waals surface area (Å²) in [7, 11) is 2.73. The van der Waals surface area contributed by atoms with Crippen LogP contribution >= 0.6 is 0 Å². The molecule has 3 aromatic rings. The maximum absolute atomic E-state index is 12.2. The van der Waals surface area contributed by atoms with Crippen molar-refractivity contribution in [3.05, 3.63) is 59.0 Å². The Hall–Kier alpha value is -4.40. The zero-order valence-electron chi connectivity index (χ0n) is 18.1. The Labute approximate surface area is 188 Å². The van der Waals surface area contributed by atoms with Gasteiger partial charge < -0.3 is 14.0 Å². The molecule has 2 aliphatic heterocycles. The van der Waals surface area contributed by atoms with Crippen molar-refractivity contribution in [1.82, 2.24) is 14.4 Å². The van der Waals surface area contributed by atoms with E-state index in [0.29, 0.717) is 11.1 Å². The highest BCUT2D eigenvalue weighted by Crippen LogP contribution is 2.32. The average molecular weight is 445 g/mol. The van der Waals surface area contributed by atoms with E-state index in [4.69, 9.17) is 9.47 Å². The lowest BCUT2D eigenvalue weighted by Crippen LogP contribution is -2.23. The van der Waals surface area contributed by atoms with Crippen LogP contribution in [0.15, 0.2) is 47.9 Å². The lowest BCUT2D eigenvalue weighted by molar-refractivity contribution is -0.123. The lowest BCUT2D eigenvalue weighted by Gasteiger charge is -2.03. The van der Waals surface area contributed by atoms with Gasteiger partial charge in [0.2, 0.25) is 0 Å². The minimum atomic E-state index is -0.708. The predicted octanol–water partition coefficient (Wildman–Crippen LogP) is 3.71. The number of carbonyl (C=O) groups excluding carboxylic acids is 4. The summed E-state index contributed by atoms with van der Waals surface area (Å²) in [6.45, 7) is 2.78. The molecule has 166 valence electrons. The van der Waals surface area contributed by atoms with E-state index >= 15 is 0 Å². The van der Waals surface area contributed by atoms with Gasteiger partial charge in [-0.15, -0.1) is 0 Å². The van der Waals surface area contributed by atoms with Crippen molar-refractivity contribution >= 4 is 58.0 Å². The molecule has 9 heteroatoms. The van der Waals surface area contributed by atoms with Gasteiger partial charge in [-0.3, -0.25) is 9.59 Å². The largest absolute Gasteiger partial charge is 0.422 e. The minimum absolute atomic E-state index is 0.0304. The highest BCUT2D eigenvalue weighted by Gasteiger charge is 2.34. The van der Waals surface area contributed by atoms with Gasteiger partial charge in [0.15, 0.2) is 11.5 Å². The van der Waals surface area contributed by atoms with Gasteiger partial charge in [-0.1, -0.05) is 12.1 Å². The molecule has 1 aromatic heterocycles. The molecule has 5 rings (SSSR count). The molecule has 0 spiro atoms. The Morgan fingerprint density at radius 3 is 1.48 bits per heavy atom. The Kier molecular flexibility index (Phi) is 4.56. The minimum Gasteiger partial charge on any atom is -0.404 e. The number of hydrogen-bond donors (Lipinski definition) is 0. The number of fused-ring (bicyclic) bond motifs is 3. The topological polar surface area (TPSA) is 98.2 Å². The molecule has 0 radical (unpaired) electrons. The Bertz CT molecular complexity index is 1350. The van der Waals surface area contributed by atoms with E-state index < -0.39 is 24.0 Å². The molecule has 0 atom stereocenters. The molecule has 2 aromatic carbocycles. The maximum Gasteiger partial charge on any atom is 0.422 e. The molecular formula is C24H19N3O6.